The van der Waals surface area contributed by atoms with Gasteiger partial charge in [0.2, 0.25) is 11.8 Å². The van der Waals surface area contributed by atoms with Crippen molar-refractivity contribution in [1.29, 1.82) is 0 Å². The van der Waals surface area contributed by atoms with Gasteiger partial charge < -0.3 is 10.6 Å². The largest absolute Gasteiger partial charge is 0.366 e. The summed E-state index contributed by atoms with van der Waals surface area (Å²) in [5.41, 5.74) is 7.01. The number of hydrogen-bond donors (Lipinski definition) is 1. The number of amides is 2. The van der Waals surface area contributed by atoms with Crippen molar-refractivity contribution < 1.29 is 14.5 Å². The Morgan fingerprint density at radius 1 is 1.24 bits per heavy atom. The number of nitro benzene ring substituents is 1. The van der Waals surface area contributed by atoms with Gasteiger partial charge in [-0.15, -0.1) is 11.8 Å². The maximum atomic E-state index is 12.5. The lowest BCUT2D eigenvalue weighted by Gasteiger charge is -2.17. The SMILES string of the molecule is NC(=O)c1ccc(SCC(=O)N2CCc3ccccc32)c([N+](=O)[O-])c1. The average Bonchev–Trinajstić information content (AvgIpc) is 3.03. The van der Waals surface area contributed by atoms with Gasteiger partial charge >= 0.3 is 0 Å². The number of nitro groups is 1. The van der Waals surface area contributed by atoms with Crippen LogP contribution in [0.4, 0.5) is 11.4 Å². The molecule has 2 aromatic carbocycles. The van der Waals surface area contributed by atoms with Crippen molar-refractivity contribution >= 4 is 35.0 Å². The maximum Gasteiger partial charge on any atom is 0.283 e. The van der Waals surface area contributed by atoms with Crippen LogP contribution in [0.25, 0.3) is 0 Å². The third-order valence-electron chi connectivity index (χ3n) is 3.98. The van der Waals surface area contributed by atoms with Crippen LogP contribution in [0.5, 0.6) is 0 Å². The van der Waals surface area contributed by atoms with E-state index in [9.17, 15) is 19.7 Å². The molecule has 0 aromatic heterocycles. The van der Waals surface area contributed by atoms with Crippen molar-refractivity contribution in [2.24, 2.45) is 5.73 Å². The fourth-order valence-electron chi connectivity index (χ4n) is 2.75. The molecule has 0 unspecified atom stereocenters. The summed E-state index contributed by atoms with van der Waals surface area (Å²) in [6.45, 7) is 0.613. The molecule has 1 aliphatic heterocycles. The van der Waals surface area contributed by atoms with Gasteiger partial charge in [0.1, 0.15) is 0 Å². The highest BCUT2D eigenvalue weighted by molar-refractivity contribution is 8.00. The van der Waals surface area contributed by atoms with E-state index in [4.69, 9.17) is 5.73 Å². The van der Waals surface area contributed by atoms with E-state index < -0.39 is 10.8 Å². The van der Waals surface area contributed by atoms with Gasteiger partial charge in [0, 0.05) is 23.9 Å². The van der Waals surface area contributed by atoms with E-state index in [0.717, 1.165) is 35.5 Å². The molecule has 0 fully saturated rings. The molecule has 128 valence electrons. The Kier molecular flexibility index (Phi) is 4.71. The van der Waals surface area contributed by atoms with E-state index in [1.54, 1.807) is 4.90 Å². The molecular weight excluding hydrogens is 342 g/mol. The Labute approximate surface area is 148 Å². The molecule has 1 heterocycles. The number of carbonyl (C=O) groups excluding carboxylic acids is 2. The first-order valence-corrected chi connectivity index (χ1v) is 8.55. The molecule has 0 radical (unpaired) electrons. The molecule has 1 aliphatic rings. The number of fused-ring (bicyclic) bond motifs is 1. The van der Waals surface area contributed by atoms with E-state index in [1.807, 2.05) is 24.3 Å². The van der Waals surface area contributed by atoms with Crippen LogP contribution in [0.15, 0.2) is 47.4 Å². The van der Waals surface area contributed by atoms with E-state index in [-0.39, 0.29) is 22.9 Å². The van der Waals surface area contributed by atoms with Crippen LogP contribution in [-0.4, -0.2) is 29.0 Å². The van der Waals surface area contributed by atoms with Crippen LogP contribution < -0.4 is 10.6 Å². The predicted molar refractivity (Wildman–Crippen MR) is 94.8 cm³/mol. The molecular formula is C17H15N3O4S. The van der Waals surface area contributed by atoms with Gasteiger partial charge in [-0.05, 0) is 30.2 Å². The summed E-state index contributed by atoms with van der Waals surface area (Å²) in [7, 11) is 0. The monoisotopic (exact) mass is 357 g/mol. The topological polar surface area (TPSA) is 107 Å². The van der Waals surface area contributed by atoms with E-state index >= 15 is 0 Å². The van der Waals surface area contributed by atoms with Crippen LogP contribution in [0.3, 0.4) is 0 Å². The lowest BCUT2D eigenvalue weighted by Crippen LogP contribution is -2.30. The minimum atomic E-state index is -0.732. The number of nitrogens with two attached hydrogens (primary N) is 1. The highest BCUT2D eigenvalue weighted by Gasteiger charge is 2.25. The molecule has 0 atom stereocenters. The first-order valence-electron chi connectivity index (χ1n) is 7.56. The van der Waals surface area contributed by atoms with Crippen molar-refractivity contribution in [2.75, 3.05) is 17.2 Å². The van der Waals surface area contributed by atoms with Crippen molar-refractivity contribution in [1.82, 2.24) is 0 Å². The number of hydrogen-bond acceptors (Lipinski definition) is 5. The summed E-state index contributed by atoms with van der Waals surface area (Å²) in [5, 5.41) is 11.2. The predicted octanol–water partition coefficient (Wildman–Crippen LogP) is 2.38. The van der Waals surface area contributed by atoms with Gasteiger partial charge in [0.05, 0.1) is 15.6 Å². The van der Waals surface area contributed by atoms with Gasteiger partial charge in [-0.25, -0.2) is 0 Å². The Hall–Kier alpha value is -2.87. The van der Waals surface area contributed by atoms with Crippen LogP contribution in [0, 0.1) is 10.1 Å². The molecule has 3 rings (SSSR count). The van der Waals surface area contributed by atoms with Crippen molar-refractivity contribution in [2.45, 2.75) is 11.3 Å². The van der Waals surface area contributed by atoms with Crippen LogP contribution in [-0.2, 0) is 11.2 Å². The van der Waals surface area contributed by atoms with Gasteiger partial charge in [-0.3, -0.25) is 19.7 Å². The minimum Gasteiger partial charge on any atom is -0.366 e. The fraction of sp³-hybridized carbons (Fsp3) is 0.176. The average molecular weight is 357 g/mol. The van der Waals surface area contributed by atoms with Crippen molar-refractivity contribution in [3.63, 3.8) is 0 Å². The number of anilines is 1. The number of para-hydroxylation sites is 1. The Morgan fingerprint density at radius 3 is 2.72 bits per heavy atom. The maximum absolute atomic E-state index is 12.5. The fourth-order valence-corrected chi connectivity index (χ4v) is 3.63. The smallest absolute Gasteiger partial charge is 0.283 e. The molecule has 0 bridgehead atoms. The number of primary amides is 1. The summed E-state index contributed by atoms with van der Waals surface area (Å²) in [4.78, 5) is 36.3. The first-order chi connectivity index (χ1) is 12.0. The summed E-state index contributed by atoms with van der Waals surface area (Å²) < 4.78 is 0. The third kappa shape index (κ3) is 3.48. The van der Waals surface area contributed by atoms with Crippen molar-refractivity contribution in [3.05, 3.63) is 63.7 Å². The van der Waals surface area contributed by atoms with Gasteiger partial charge in [-0.1, -0.05) is 18.2 Å². The third-order valence-corrected chi connectivity index (χ3v) is 5.03. The molecule has 0 saturated carbocycles. The lowest BCUT2D eigenvalue weighted by molar-refractivity contribution is -0.387. The van der Waals surface area contributed by atoms with Gasteiger partial charge in [0.15, 0.2) is 0 Å². The lowest BCUT2D eigenvalue weighted by atomic mass is 10.2. The standard InChI is InChI=1S/C17H15N3O4S/c18-17(22)12-5-6-15(14(9-12)20(23)24)25-10-16(21)19-8-7-11-3-1-2-4-13(11)19/h1-6,9H,7-8,10H2,(H2,18,22). The molecule has 7 nitrogen and oxygen atoms in total. The molecule has 0 saturated heterocycles. The van der Waals surface area contributed by atoms with Crippen LogP contribution in [0.1, 0.15) is 15.9 Å². The van der Waals surface area contributed by atoms with Gasteiger partial charge in [0.25, 0.3) is 5.69 Å². The number of thioether (sulfide) groups is 1. The van der Waals surface area contributed by atoms with Crippen molar-refractivity contribution in [3.8, 4) is 0 Å². The zero-order valence-corrected chi connectivity index (χ0v) is 14.0. The summed E-state index contributed by atoms with van der Waals surface area (Å²) in [6.07, 6.45) is 0.806. The molecule has 8 heteroatoms. The van der Waals surface area contributed by atoms with Gasteiger partial charge in [-0.2, -0.15) is 0 Å². The normalized spacial score (nSPS) is 12.7. The Balaban J connectivity index is 1.75. The molecule has 0 aliphatic carbocycles. The molecule has 2 N–H and O–H groups in total. The second kappa shape index (κ2) is 6.94. The second-order valence-corrected chi connectivity index (χ2v) is 6.53. The molecule has 0 spiro atoms. The van der Waals surface area contributed by atoms with E-state index in [2.05, 4.69) is 0 Å². The van der Waals surface area contributed by atoms with E-state index in [0.29, 0.717) is 11.4 Å². The summed E-state index contributed by atoms with van der Waals surface area (Å²) >= 11 is 1.08. The van der Waals surface area contributed by atoms with Crippen LogP contribution in [0.2, 0.25) is 0 Å². The molecule has 2 aromatic rings. The first kappa shape index (κ1) is 17.0. The molecule has 25 heavy (non-hydrogen) atoms. The quantitative estimate of drug-likeness (QED) is 0.502. The highest BCUT2D eigenvalue weighted by atomic mass is 32.2. The number of benzene rings is 2. The molecule has 2 amide bonds. The number of carbonyl (C=O) groups is 2. The number of nitrogens with zero attached hydrogens (tertiary/aromatic N) is 2. The zero-order valence-electron chi connectivity index (χ0n) is 13.2. The second-order valence-electron chi connectivity index (χ2n) is 5.52. The zero-order chi connectivity index (χ0) is 18.0. The Morgan fingerprint density at radius 2 is 2.00 bits per heavy atom. The Bertz CT molecular complexity index is 869. The van der Waals surface area contributed by atoms with E-state index in [1.165, 1.54) is 12.1 Å². The van der Waals surface area contributed by atoms with Crippen LogP contribution >= 0.6 is 11.8 Å². The minimum absolute atomic E-state index is 0.0656. The summed E-state index contributed by atoms with van der Waals surface area (Å²) in [5.74, 6) is -0.766. The number of rotatable bonds is 5. The highest BCUT2D eigenvalue weighted by Crippen LogP contribution is 2.32. The summed E-state index contributed by atoms with van der Waals surface area (Å²) in [6, 6.07) is 11.7.